The predicted octanol–water partition coefficient (Wildman–Crippen LogP) is 4.62. The summed E-state index contributed by atoms with van der Waals surface area (Å²) < 4.78 is 6.98. The van der Waals surface area contributed by atoms with E-state index in [2.05, 4.69) is 0 Å². The first-order valence-corrected chi connectivity index (χ1v) is 9.12. The van der Waals surface area contributed by atoms with E-state index in [-0.39, 0.29) is 5.92 Å². The quantitative estimate of drug-likeness (QED) is 0.662. The van der Waals surface area contributed by atoms with Gasteiger partial charge in [-0.05, 0) is 47.9 Å². The Morgan fingerprint density at radius 1 is 1.32 bits per heavy atom. The minimum Gasteiger partial charge on any atom is -0.493 e. The lowest BCUT2D eigenvalue weighted by molar-refractivity contribution is 0.262. The van der Waals surface area contributed by atoms with Crippen LogP contribution in [0.3, 0.4) is 0 Å². The minimum absolute atomic E-state index is 0.221. The van der Waals surface area contributed by atoms with Crippen molar-refractivity contribution in [1.82, 2.24) is 4.98 Å². The minimum atomic E-state index is 0.221. The van der Waals surface area contributed by atoms with Crippen LogP contribution in [-0.4, -0.2) is 17.8 Å². The maximum atomic E-state index is 7.44. The fourth-order valence-electron chi connectivity index (χ4n) is 3.05. The van der Waals surface area contributed by atoms with Crippen molar-refractivity contribution in [3.8, 4) is 5.75 Å². The zero-order chi connectivity index (χ0) is 17.4. The van der Waals surface area contributed by atoms with Crippen LogP contribution in [0.5, 0.6) is 5.75 Å². The molecular formula is C19H16ClN3OS. The number of allylic oxidation sites excluding steroid dienone is 1. The number of hydrogen-bond acceptors (Lipinski definition) is 5. The van der Waals surface area contributed by atoms with Gasteiger partial charge in [0.2, 0.25) is 0 Å². The number of halogens is 1. The molecule has 1 aliphatic rings. The zero-order valence-electron chi connectivity index (χ0n) is 13.3. The molecule has 6 heteroatoms. The summed E-state index contributed by atoms with van der Waals surface area (Å²) in [6, 6.07) is 11.7. The topological polar surface area (TPSA) is 72.0 Å². The van der Waals surface area contributed by atoms with Crippen molar-refractivity contribution in [2.75, 3.05) is 6.61 Å². The molecule has 3 N–H and O–H groups in total. The number of nitrogens with one attached hydrogen (secondary N) is 1. The third-order valence-electron chi connectivity index (χ3n) is 4.35. The van der Waals surface area contributed by atoms with E-state index < -0.39 is 0 Å². The molecule has 4 nitrogen and oxygen atoms in total. The van der Waals surface area contributed by atoms with Crippen molar-refractivity contribution in [3.05, 3.63) is 63.8 Å². The first kappa shape index (κ1) is 16.1. The number of benzene rings is 2. The van der Waals surface area contributed by atoms with Crippen LogP contribution >= 0.6 is 22.9 Å². The molecule has 1 aliphatic heterocycles. The van der Waals surface area contributed by atoms with Crippen molar-refractivity contribution in [2.24, 2.45) is 5.73 Å². The number of thiazole rings is 1. The molecule has 0 aliphatic carbocycles. The SMILES string of the molecule is N=C/C(=C\N)c1ccc2nc(C3COc4ccc(Cl)cc4C3)sc2c1. The van der Waals surface area contributed by atoms with Crippen LogP contribution < -0.4 is 10.5 Å². The van der Waals surface area contributed by atoms with Crippen molar-refractivity contribution in [1.29, 1.82) is 5.41 Å². The van der Waals surface area contributed by atoms with Gasteiger partial charge in [-0.15, -0.1) is 11.3 Å². The van der Waals surface area contributed by atoms with E-state index in [0.717, 1.165) is 43.5 Å². The van der Waals surface area contributed by atoms with Crippen molar-refractivity contribution < 1.29 is 4.74 Å². The van der Waals surface area contributed by atoms with Crippen molar-refractivity contribution in [2.45, 2.75) is 12.3 Å². The number of aromatic nitrogens is 1. The normalized spacial score (nSPS) is 17.2. The third-order valence-corrected chi connectivity index (χ3v) is 5.77. The molecule has 4 rings (SSSR count). The second-order valence-corrected chi connectivity index (χ2v) is 7.46. The molecule has 0 saturated heterocycles. The van der Waals surface area contributed by atoms with E-state index in [1.54, 1.807) is 11.3 Å². The molecule has 0 fully saturated rings. The Hall–Kier alpha value is -2.37. The van der Waals surface area contributed by atoms with E-state index in [1.807, 2.05) is 36.4 Å². The maximum absolute atomic E-state index is 7.44. The summed E-state index contributed by atoms with van der Waals surface area (Å²) in [5.41, 5.74) is 9.30. The van der Waals surface area contributed by atoms with Gasteiger partial charge in [0.25, 0.3) is 0 Å². The molecule has 3 aromatic rings. The number of fused-ring (bicyclic) bond motifs is 2. The second-order valence-electron chi connectivity index (χ2n) is 5.97. The highest BCUT2D eigenvalue weighted by Gasteiger charge is 2.24. The zero-order valence-corrected chi connectivity index (χ0v) is 14.9. The molecule has 126 valence electrons. The monoisotopic (exact) mass is 369 g/mol. The Balaban J connectivity index is 1.67. The molecule has 1 atom stereocenters. The molecule has 0 saturated carbocycles. The Labute approximate surface area is 154 Å². The smallest absolute Gasteiger partial charge is 0.122 e. The molecule has 1 unspecified atom stereocenters. The lowest BCUT2D eigenvalue weighted by Crippen LogP contribution is -2.18. The first-order valence-electron chi connectivity index (χ1n) is 7.92. The summed E-state index contributed by atoms with van der Waals surface area (Å²) in [4.78, 5) is 4.78. The van der Waals surface area contributed by atoms with E-state index in [0.29, 0.717) is 12.2 Å². The fourth-order valence-corrected chi connectivity index (χ4v) is 4.33. The summed E-state index contributed by atoms with van der Waals surface area (Å²) >= 11 is 7.77. The summed E-state index contributed by atoms with van der Waals surface area (Å²) in [7, 11) is 0. The molecule has 2 aromatic carbocycles. The highest BCUT2D eigenvalue weighted by molar-refractivity contribution is 7.18. The molecule has 0 radical (unpaired) electrons. The average molecular weight is 370 g/mol. The number of ether oxygens (including phenoxy) is 1. The number of nitrogens with zero attached hydrogens (tertiary/aromatic N) is 1. The van der Waals surface area contributed by atoms with Crippen LogP contribution in [-0.2, 0) is 6.42 Å². The van der Waals surface area contributed by atoms with Crippen LogP contribution in [0.1, 0.15) is 22.1 Å². The van der Waals surface area contributed by atoms with Crippen LogP contribution in [0, 0.1) is 5.41 Å². The summed E-state index contributed by atoms with van der Waals surface area (Å²) in [6.07, 6.45) is 3.58. The number of rotatable bonds is 3. The van der Waals surface area contributed by atoms with Gasteiger partial charge in [-0.1, -0.05) is 17.7 Å². The largest absolute Gasteiger partial charge is 0.493 e. The van der Waals surface area contributed by atoms with Gasteiger partial charge in [-0.25, -0.2) is 4.98 Å². The van der Waals surface area contributed by atoms with Crippen LogP contribution in [0.2, 0.25) is 5.02 Å². The molecule has 0 amide bonds. The Kier molecular flexibility index (Phi) is 4.19. The summed E-state index contributed by atoms with van der Waals surface area (Å²) in [6.45, 7) is 0.621. The van der Waals surface area contributed by atoms with E-state index in [9.17, 15) is 0 Å². The number of nitrogens with two attached hydrogens (primary N) is 1. The molecule has 2 heterocycles. The standard InChI is InChI=1S/C19H16ClN3OS/c20-15-2-4-17-12(6-15)5-13(10-24-17)19-23-16-3-1-11(7-18(16)25-19)14(8-21)9-22/h1-4,6-9,13,21H,5,10,22H2/b14-9+,21-8?. The Bertz CT molecular complexity index is 995. The summed E-state index contributed by atoms with van der Waals surface area (Å²) in [5, 5.41) is 9.23. The van der Waals surface area contributed by atoms with Gasteiger partial charge >= 0.3 is 0 Å². The second kappa shape index (κ2) is 6.50. The molecule has 0 spiro atoms. The fraction of sp³-hybridized carbons (Fsp3) is 0.158. The Morgan fingerprint density at radius 3 is 3.00 bits per heavy atom. The van der Waals surface area contributed by atoms with E-state index in [4.69, 9.17) is 32.5 Å². The van der Waals surface area contributed by atoms with Crippen LogP contribution in [0.15, 0.2) is 42.6 Å². The molecule has 1 aromatic heterocycles. The lowest BCUT2D eigenvalue weighted by Gasteiger charge is -2.23. The van der Waals surface area contributed by atoms with Crippen molar-refractivity contribution >= 4 is 44.9 Å². The van der Waals surface area contributed by atoms with Gasteiger partial charge in [0.1, 0.15) is 10.8 Å². The van der Waals surface area contributed by atoms with E-state index in [1.165, 1.54) is 12.4 Å². The van der Waals surface area contributed by atoms with Gasteiger partial charge in [-0.3, -0.25) is 0 Å². The lowest BCUT2D eigenvalue weighted by atomic mass is 9.97. The summed E-state index contributed by atoms with van der Waals surface area (Å²) in [5.74, 6) is 1.13. The number of hydrogen-bond donors (Lipinski definition) is 2. The highest BCUT2D eigenvalue weighted by atomic mass is 35.5. The van der Waals surface area contributed by atoms with Gasteiger partial charge in [0, 0.05) is 28.9 Å². The van der Waals surface area contributed by atoms with Gasteiger partial charge in [0.05, 0.1) is 16.8 Å². The predicted molar refractivity (Wildman–Crippen MR) is 104 cm³/mol. The van der Waals surface area contributed by atoms with Gasteiger partial charge < -0.3 is 15.9 Å². The molecule has 25 heavy (non-hydrogen) atoms. The third kappa shape index (κ3) is 3.01. The van der Waals surface area contributed by atoms with Crippen LogP contribution in [0.25, 0.3) is 15.8 Å². The average Bonchev–Trinajstić information content (AvgIpc) is 3.05. The molecule has 0 bridgehead atoms. The maximum Gasteiger partial charge on any atom is 0.122 e. The Morgan fingerprint density at radius 2 is 2.20 bits per heavy atom. The van der Waals surface area contributed by atoms with Gasteiger partial charge in [-0.2, -0.15) is 0 Å². The van der Waals surface area contributed by atoms with Gasteiger partial charge in [0.15, 0.2) is 0 Å². The highest BCUT2D eigenvalue weighted by Crippen LogP contribution is 2.37. The van der Waals surface area contributed by atoms with Crippen LogP contribution in [0.4, 0.5) is 0 Å². The van der Waals surface area contributed by atoms with Crippen molar-refractivity contribution in [3.63, 3.8) is 0 Å². The first-order chi connectivity index (χ1) is 12.2. The van der Waals surface area contributed by atoms with E-state index >= 15 is 0 Å². The molecular weight excluding hydrogens is 354 g/mol.